The van der Waals surface area contributed by atoms with Gasteiger partial charge < -0.3 is 14.7 Å². The number of rotatable bonds is 0. The summed E-state index contributed by atoms with van der Waals surface area (Å²) in [7, 11) is 6.58. The van der Waals surface area contributed by atoms with Gasteiger partial charge in [-0.05, 0) is 117 Å². The van der Waals surface area contributed by atoms with Crippen LogP contribution in [0.1, 0.15) is 162 Å². The fourth-order valence-electron chi connectivity index (χ4n) is 6.38. The molecule has 0 aromatic carbocycles. The number of hydrogen-bond acceptors (Lipinski definition) is 3. The maximum atomic E-state index is 2.39. The van der Waals surface area contributed by atoms with Crippen molar-refractivity contribution in [2.75, 3.05) is 60.4 Å². The molecule has 0 aromatic heterocycles. The molecule has 0 atom stereocenters. The molecular formula is C37H77N3. The van der Waals surface area contributed by atoms with Crippen molar-refractivity contribution in [2.45, 2.75) is 162 Å². The molecule has 3 aliphatic heterocycles. The van der Waals surface area contributed by atoms with E-state index < -0.39 is 0 Å². The molecule has 0 amide bonds. The van der Waals surface area contributed by atoms with E-state index in [9.17, 15) is 0 Å². The molecule has 3 heterocycles. The van der Waals surface area contributed by atoms with E-state index in [1.165, 1.54) is 181 Å². The first-order valence-corrected chi connectivity index (χ1v) is 18.4. The van der Waals surface area contributed by atoms with Gasteiger partial charge >= 0.3 is 0 Å². The Morgan fingerprint density at radius 3 is 0.575 bits per heavy atom. The molecule has 6 rings (SSSR count). The predicted molar refractivity (Wildman–Crippen MR) is 182 cm³/mol. The molecule has 0 N–H and O–H groups in total. The molecule has 3 nitrogen and oxygen atoms in total. The van der Waals surface area contributed by atoms with Gasteiger partial charge in [-0.1, -0.05) is 124 Å². The largest absolute Gasteiger partial charge is 0.306 e. The standard InChI is InChI=1S/2C7H14.3C6H13N.C5H10/c5*1-7-5-3-2-4-6-7;1-5-3-2-4-5/h2*7H,2-6H2,1H3;3*2-6H2,1H3;5H,2-4H2,1H3. The van der Waals surface area contributed by atoms with Gasteiger partial charge in [0.1, 0.15) is 0 Å². The molecule has 0 spiro atoms. The summed E-state index contributed by atoms with van der Waals surface area (Å²) in [5.74, 6) is 3.14. The number of hydrogen-bond donors (Lipinski definition) is 0. The van der Waals surface area contributed by atoms with Crippen LogP contribution in [0.3, 0.4) is 0 Å². The van der Waals surface area contributed by atoms with E-state index in [2.05, 4.69) is 56.6 Å². The van der Waals surface area contributed by atoms with Crippen LogP contribution in [0.2, 0.25) is 0 Å². The van der Waals surface area contributed by atoms with E-state index in [0.717, 1.165) is 17.8 Å². The van der Waals surface area contributed by atoms with Gasteiger partial charge in [-0.3, -0.25) is 0 Å². The minimum Gasteiger partial charge on any atom is -0.306 e. The molecule has 3 saturated heterocycles. The van der Waals surface area contributed by atoms with Crippen molar-refractivity contribution in [3.63, 3.8) is 0 Å². The lowest BCUT2D eigenvalue weighted by atomic mass is 9.88. The zero-order valence-corrected chi connectivity index (χ0v) is 28.9. The van der Waals surface area contributed by atoms with Gasteiger partial charge in [0.05, 0.1) is 0 Å². The maximum Gasteiger partial charge on any atom is -0.00218 e. The van der Waals surface area contributed by atoms with Crippen LogP contribution in [0, 0.1) is 17.8 Å². The van der Waals surface area contributed by atoms with Gasteiger partial charge in [0.2, 0.25) is 0 Å². The van der Waals surface area contributed by atoms with Gasteiger partial charge in [-0.2, -0.15) is 0 Å². The second-order valence-corrected chi connectivity index (χ2v) is 14.6. The Balaban J connectivity index is 0.000000241. The van der Waals surface area contributed by atoms with Crippen LogP contribution >= 0.6 is 0 Å². The van der Waals surface area contributed by atoms with Crippen molar-refractivity contribution in [1.29, 1.82) is 0 Å². The second-order valence-electron chi connectivity index (χ2n) is 14.6. The summed E-state index contributed by atoms with van der Waals surface area (Å²) in [4.78, 5) is 7.18. The third-order valence-corrected chi connectivity index (χ3v) is 9.92. The molecule has 0 radical (unpaired) electrons. The zero-order valence-electron chi connectivity index (χ0n) is 28.9. The summed E-state index contributed by atoms with van der Waals surface area (Å²) in [5.41, 5.74) is 0. The number of likely N-dealkylation sites (tertiary alicyclic amines) is 3. The van der Waals surface area contributed by atoms with Crippen molar-refractivity contribution in [3.05, 3.63) is 0 Å². The lowest BCUT2D eigenvalue weighted by Crippen LogP contribution is -2.24. The van der Waals surface area contributed by atoms with Crippen LogP contribution < -0.4 is 0 Å². The Bertz CT molecular complexity index is 397. The van der Waals surface area contributed by atoms with Crippen molar-refractivity contribution >= 4 is 0 Å². The first-order valence-electron chi connectivity index (χ1n) is 18.4. The van der Waals surface area contributed by atoms with Crippen LogP contribution in [-0.2, 0) is 0 Å². The fraction of sp³-hybridized carbons (Fsp3) is 1.00. The van der Waals surface area contributed by atoms with Crippen molar-refractivity contribution in [1.82, 2.24) is 14.7 Å². The lowest BCUT2D eigenvalue weighted by Gasteiger charge is -2.20. The minimum atomic E-state index is 1.04. The molecule has 0 bridgehead atoms. The SMILES string of the molecule is CC1CCC1.CC1CCCCC1.CC1CCCCC1.CN1CCCCC1.CN1CCCCC1.CN1CCCCC1. The smallest absolute Gasteiger partial charge is 0.00218 e. The molecular weight excluding hydrogens is 486 g/mol. The molecule has 3 aliphatic carbocycles. The molecule has 6 fully saturated rings. The van der Waals surface area contributed by atoms with Gasteiger partial charge in [0, 0.05) is 0 Å². The van der Waals surface area contributed by atoms with Gasteiger partial charge in [-0.25, -0.2) is 0 Å². The number of nitrogens with zero attached hydrogens (tertiary/aromatic N) is 3. The van der Waals surface area contributed by atoms with Gasteiger partial charge in [-0.15, -0.1) is 0 Å². The highest BCUT2D eigenvalue weighted by Gasteiger charge is 2.09. The molecule has 3 heteroatoms. The first-order chi connectivity index (χ1) is 19.4. The number of piperidine rings is 3. The fourth-order valence-corrected chi connectivity index (χ4v) is 6.38. The van der Waals surface area contributed by atoms with Crippen LogP contribution in [-0.4, -0.2) is 75.1 Å². The molecule has 40 heavy (non-hydrogen) atoms. The van der Waals surface area contributed by atoms with Crippen LogP contribution in [0.25, 0.3) is 0 Å². The van der Waals surface area contributed by atoms with Gasteiger partial charge in [0.25, 0.3) is 0 Å². The van der Waals surface area contributed by atoms with Crippen LogP contribution in [0.4, 0.5) is 0 Å². The third kappa shape index (κ3) is 24.5. The predicted octanol–water partition coefficient (Wildman–Crippen LogP) is 10.3. The maximum absolute atomic E-state index is 2.39. The normalized spacial score (nSPS) is 25.4. The monoisotopic (exact) mass is 564 g/mol. The second kappa shape index (κ2) is 26.5. The van der Waals surface area contributed by atoms with E-state index in [1.54, 1.807) is 0 Å². The average Bonchev–Trinajstić information content (AvgIpc) is 2.96. The van der Waals surface area contributed by atoms with E-state index in [0.29, 0.717) is 0 Å². The molecule has 6 aliphatic rings. The third-order valence-electron chi connectivity index (χ3n) is 9.92. The summed E-state index contributed by atoms with van der Waals surface area (Å²) >= 11 is 0. The van der Waals surface area contributed by atoms with Gasteiger partial charge in [0.15, 0.2) is 0 Å². The highest BCUT2D eigenvalue weighted by Crippen LogP contribution is 2.24. The first kappa shape index (κ1) is 37.9. The highest BCUT2D eigenvalue weighted by atomic mass is 15.1. The molecule has 0 aromatic rings. The molecule has 0 unspecified atom stereocenters. The summed E-state index contributed by atoms with van der Waals surface area (Å²) < 4.78 is 0. The Morgan fingerprint density at radius 1 is 0.275 bits per heavy atom. The van der Waals surface area contributed by atoms with Crippen LogP contribution in [0.15, 0.2) is 0 Å². The Kier molecular flexibility index (Phi) is 25.1. The zero-order chi connectivity index (χ0) is 29.3. The summed E-state index contributed by atoms with van der Waals surface area (Å²) in [6.07, 6.45) is 32.2. The van der Waals surface area contributed by atoms with Crippen LogP contribution in [0.5, 0.6) is 0 Å². The topological polar surface area (TPSA) is 9.72 Å². The Hall–Kier alpha value is -0.120. The minimum absolute atomic E-state index is 1.04. The van der Waals surface area contributed by atoms with E-state index in [4.69, 9.17) is 0 Å². The Labute approximate surface area is 254 Å². The molecule has 3 saturated carbocycles. The van der Waals surface area contributed by atoms with E-state index in [-0.39, 0.29) is 0 Å². The Morgan fingerprint density at radius 2 is 0.475 bits per heavy atom. The summed E-state index contributed by atoms with van der Waals surface area (Å²) in [5, 5.41) is 0. The highest BCUT2D eigenvalue weighted by molar-refractivity contribution is 4.63. The summed E-state index contributed by atoms with van der Waals surface area (Å²) in [6.45, 7) is 14.9. The quantitative estimate of drug-likeness (QED) is 0.290. The van der Waals surface area contributed by atoms with Crippen molar-refractivity contribution in [2.24, 2.45) is 17.8 Å². The molecule has 240 valence electrons. The summed E-state index contributed by atoms with van der Waals surface area (Å²) in [6, 6.07) is 0. The van der Waals surface area contributed by atoms with E-state index in [1.807, 2.05) is 0 Å². The van der Waals surface area contributed by atoms with Crippen molar-refractivity contribution < 1.29 is 0 Å². The average molecular weight is 564 g/mol. The van der Waals surface area contributed by atoms with E-state index >= 15 is 0 Å². The lowest BCUT2D eigenvalue weighted by molar-refractivity contribution is 0.277. The van der Waals surface area contributed by atoms with Crippen molar-refractivity contribution in [3.8, 4) is 0 Å².